The van der Waals surface area contributed by atoms with Crippen LogP contribution in [0.1, 0.15) is 13.8 Å². The summed E-state index contributed by atoms with van der Waals surface area (Å²) in [5, 5.41) is 0. The van der Waals surface area contributed by atoms with E-state index in [0.717, 1.165) is 5.46 Å². The molecule has 0 unspecified atom stereocenters. The molecule has 0 bridgehead atoms. The Morgan fingerprint density at radius 2 is 2.25 bits per heavy atom. The minimum atomic E-state index is 0.113. The Labute approximate surface area is 73.4 Å². The van der Waals surface area contributed by atoms with Crippen molar-refractivity contribution in [3.63, 3.8) is 0 Å². The highest BCUT2D eigenvalue weighted by molar-refractivity contribution is 6.32. The van der Waals surface area contributed by atoms with Crippen LogP contribution in [-0.2, 0) is 0 Å². The highest BCUT2D eigenvalue weighted by Gasteiger charge is 2.03. The topological polar surface area (TPSA) is 48.1 Å². The predicted molar refractivity (Wildman–Crippen MR) is 52.6 cm³/mol. The van der Waals surface area contributed by atoms with Crippen molar-refractivity contribution in [1.29, 1.82) is 0 Å². The molecular formula is C8H13BN2O. The Kier molecular flexibility index (Phi) is 2.58. The summed E-state index contributed by atoms with van der Waals surface area (Å²) in [6, 6.07) is 1.85. The van der Waals surface area contributed by atoms with Crippen molar-refractivity contribution in [1.82, 2.24) is 4.98 Å². The van der Waals surface area contributed by atoms with Crippen LogP contribution < -0.4 is 15.9 Å². The number of rotatable bonds is 2. The molecule has 0 aliphatic carbocycles. The van der Waals surface area contributed by atoms with Gasteiger partial charge in [0.1, 0.15) is 7.85 Å². The van der Waals surface area contributed by atoms with Crippen molar-refractivity contribution in [3.05, 3.63) is 12.3 Å². The number of hydrogen-bond donors (Lipinski definition) is 1. The molecule has 4 heteroatoms. The Bertz CT molecular complexity index is 276. The smallest absolute Gasteiger partial charge is 0.237 e. The zero-order valence-corrected chi connectivity index (χ0v) is 7.66. The Morgan fingerprint density at radius 3 is 2.75 bits per heavy atom. The van der Waals surface area contributed by atoms with E-state index >= 15 is 0 Å². The fraction of sp³-hybridized carbons (Fsp3) is 0.375. The van der Waals surface area contributed by atoms with Crippen molar-refractivity contribution < 1.29 is 4.74 Å². The van der Waals surface area contributed by atoms with E-state index in [-0.39, 0.29) is 6.10 Å². The van der Waals surface area contributed by atoms with E-state index in [0.29, 0.717) is 11.6 Å². The second-order valence-electron chi connectivity index (χ2n) is 3.07. The van der Waals surface area contributed by atoms with Crippen LogP contribution in [-0.4, -0.2) is 18.9 Å². The molecule has 1 aromatic rings. The van der Waals surface area contributed by atoms with Crippen molar-refractivity contribution in [2.75, 3.05) is 5.73 Å². The fourth-order valence-electron chi connectivity index (χ4n) is 0.901. The molecule has 0 saturated heterocycles. The molecule has 1 rings (SSSR count). The van der Waals surface area contributed by atoms with Gasteiger partial charge in [-0.2, -0.15) is 0 Å². The van der Waals surface area contributed by atoms with Gasteiger partial charge in [0.15, 0.2) is 0 Å². The Balaban J connectivity index is 2.86. The normalized spacial score (nSPS) is 10.2. The Morgan fingerprint density at radius 1 is 1.58 bits per heavy atom. The summed E-state index contributed by atoms with van der Waals surface area (Å²) >= 11 is 0. The molecule has 1 aromatic heterocycles. The summed E-state index contributed by atoms with van der Waals surface area (Å²) in [4.78, 5) is 4.07. The van der Waals surface area contributed by atoms with Gasteiger partial charge in [0.2, 0.25) is 5.88 Å². The maximum Gasteiger partial charge on any atom is 0.237 e. The van der Waals surface area contributed by atoms with Crippen LogP contribution in [0.2, 0.25) is 0 Å². The summed E-state index contributed by atoms with van der Waals surface area (Å²) in [5.41, 5.74) is 7.33. The lowest BCUT2D eigenvalue weighted by Gasteiger charge is -2.10. The molecule has 3 nitrogen and oxygen atoms in total. The van der Waals surface area contributed by atoms with Gasteiger partial charge in [-0.1, -0.05) is 5.46 Å². The second-order valence-corrected chi connectivity index (χ2v) is 3.07. The highest BCUT2D eigenvalue weighted by atomic mass is 16.5. The van der Waals surface area contributed by atoms with Crippen LogP contribution in [0.15, 0.2) is 12.3 Å². The van der Waals surface area contributed by atoms with Crippen molar-refractivity contribution in [2.45, 2.75) is 20.0 Å². The number of anilines is 1. The first-order valence-corrected chi connectivity index (χ1v) is 3.98. The minimum Gasteiger partial charge on any atom is -0.473 e. The van der Waals surface area contributed by atoms with Gasteiger partial charge in [-0.05, 0) is 19.9 Å². The van der Waals surface area contributed by atoms with Gasteiger partial charge in [-0.25, -0.2) is 4.98 Å². The number of pyridine rings is 1. The quantitative estimate of drug-likeness (QED) is 0.611. The first-order valence-electron chi connectivity index (χ1n) is 3.98. The molecule has 0 radical (unpaired) electrons. The molecule has 0 saturated carbocycles. The molecule has 0 spiro atoms. The monoisotopic (exact) mass is 164 g/mol. The van der Waals surface area contributed by atoms with E-state index in [9.17, 15) is 0 Å². The van der Waals surface area contributed by atoms with Crippen LogP contribution in [0.3, 0.4) is 0 Å². The van der Waals surface area contributed by atoms with E-state index in [1.807, 2.05) is 27.8 Å². The second kappa shape index (κ2) is 3.47. The SMILES string of the molecule is Bc1cnc(OC(C)C)c(N)c1. The van der Waals surface area contributed by atoms with Gasteiger partial charge in [-0.3, -0.25) is 0 Å². The van der Waals surface area contributed by atoms with Gasteiger partial charge in [0.25, 0.3) is 0 Å². The molecule has 12 heavy (non-hydrogen) atoms. The number of aromatic nitrogens is 1. The van der Waals surface area contributed by atoms with Crippen LogP contribution in [0.5, 0.6) is 5.88 Å². The highest BCUT2D eigenvalue weighted by Crippen LogP contribution is 2.15. The standard InChI is InChI=1S/C8H13BN2O/c1-5(2)12-8-7(10)3-6(9)4-11-8/h3-5H,9-10H2,1-2H3. The van der Waals surface area contributed by atoms with Gasteiger partial charge < -0.3 is 10.5 Å². The third-order valence-electron chi connectivity index (χ3n) is 1.36. The lowest BCUT2D eigenvalue weighted by Crippen LogP contribution is -2.12. The molecule has 0 aliphatic heterocycles. The lowest BCUT2D eigenvalue weighted by molar-refractivity contribution is 0.234. The molecule has 0 atom stereocenters. The zero-order chi connectivity index (χ0) is 9.14. The number of nitrogens with zero attached hydrogens (tertiary/aromatic N) is 1. The molecule has 1 heterocycles. The molecular weight excluding hydrogens is 151 g/mol. The van der Waals surface area contributed by atoms with E-state index < -0.39 is 0 Å². The van der Waals surface area contributed by atoms with Gasteiger partial charge in [0, 0.05) is 6.20 Å². The number of ether oxygens (including phenoxy) is 1. The third kappa shape index (κ3) is 2.15. The van der Waals surface area contributed by atoms with Crippen LogP contribution in [0.4, 0.5) is 5.69 Å². The zero-order valence-electron chi connectivity index (χ0n) is 7.66. The van der Waals surface area contributed by atoms with E-state index in [1.165, 1.54) is 0 Å². The molecule has 2 N–H and O–H groups in total. The van der Waals surface area contributed by atoms with Crippen LogP contribution >= 0.6 is 0 Å². The first-order chi connectivity index (χ1) is 5.59. The summed E-state index contributed by atoms with van der Waals surface area (Å²) in [7, 11) is 1.95. The average Bonchev–Trinajstić information content (AvgIpc) is 1.94. The maximum absolute atomic E-state index is 5.68. The van der Waals surface area contributed by atoms with Crippen molar-refractivity contribution in [2.24, 2.45) is 0 Å². The predicted octanol–water partition coefficient (Wildman–Crippen LogP) is -0.291. The van der Waals surface area contributed by atoms with E-state index in [1.54, 1.807) is 6.20 Å². The summed E-state index contributed by atoms with van der Waals surface area (Å²) < 4.78 is 5.36. The van der Waals surface area contributed by atoms with Crippen molar-refractivity contribution in [3.8, 4) is 5.88 Å². The molecule has 64 valence electrons. The maximum atomic E-state index is 5.68. The lowest BCUT2D eigenvalue weighted by atomic mass is 9.99. The molecule has 0 aromatic carbocycles. The van der Waals surface area contributed by atoms with Gasteiger partial charge in [-0.15, -0.1) is 0 Å². The largest absolute Gasteiger partial charge is 0.473 e. The van der Waals surface area contributed by atoms with Crippen molar-refractivity contribution >= 4 is 19.0 Å². The number of nitrogen functional groups attached to an aromatic ring is 1. The van der Waals surface area contributed by atoms with E-state index in [4.69, 9.17) is 10.5 Å². The van der Waals surface area contributed by atoms with Gasteiger partial charge in [0.05, 0.1) is 11.8 Å². The Hall–Kier alpha value is -1.19. The summed E-state index contributed by atoms with van der Waals surface area (Å²) in [6.45, 7) is 3.89. The summed E-state index contributed by atoms with van der Waals surface area (Å²) in [5.74, 6) is 0.524. The van der Waals surface area contributed by atoms with E-state index in [2.05, 4.69) is 4.98 Å². The summed E-state index contributed by atoms with van der Waals surface area (Å²) in [6.07, 6.45) is 1.86. The molecule has 0 aliphatic rings. The number of hydrogen-bond acceptors (Lipinski definition) is 3. The average molecular weight is 164 g/mol. The minimum absolute atomic E-state index is 0.113. The van der Waals surface area contributed by atoms with Gasteiger partial charge >= 0.3 is 0 Å². The van der Waals surface area contributed by atoms with Crippen LogP contribution in [0, 0.1) is 0 Å². The first kappa shape index (κ1) is 8.91. The molecule has 0 amide bonds. The molecule has 0 fully saturated rings. The van der Waals surface area contributed by atoms with Crippen LogP contribution in [0.25, 0.3) is 0 Å². The third-order valence-corrected chi connectivity index (χ3v) is 1.36. The fourth-order valence-corrected chi connectivity index (χ4v) is 0.901. The number of nitrogens with two attached hydrogens (primary N) is 1.